The molecule has 21 heavy (non-hydrogen) atoms. The Kier molecular flexibility index (Phi) is 3.48. The van der Waals surface area contributed by atoms with Crippen molar-refractivity contribution in [3.63, 3.8) is 0 Å². The molecule has 1 N–H and O–H groups in total. The second kappa shape index (κ2) is 5.30. The van der Waals surface area contributed by atoms with Gasteiger partial charge < -0.3 is 15.4 Å². The van der Waals surface area contributed by atoms with Crippen LogP contribution >= 0.6 is 22.9 Å². The van der Waals surface area contributed by atoms with Crippen LogP contribution in [0.2, 0.25) is 4.34 Å². The van der Waals surface area contributed by atoms with Crippen LogP contribution in [0.15, 0.2) is 30.5 Å². The second-order valence-electron chi connectivity index (χ2n) is 4.37. The van der Waals surface area contributed by atoms with Crippen LogP contribution in [0.5, 0.6) is 0 Å². The summed E-state index contributed by atoms with van der Waals surface area (Å²) in [6.07, 6.45) is 1.19. The summed E-state index contributed by atoms with van der Waals surface area (Å²) in [5, 5.41) is 18.3. The van der Waals surface area contributed by atoms with Crippen molar-refractivity contribution in [1.82, 2.24) is 14.6 Å². The van der Waals surface area contributed by atoms with Crippen molar-refractivity contribution in [2.45, 2.75) is 13.0 Å². The zero-order chi connectivity index (χ0) is 15.0. The Morgan fingerprint density at radius 3 is 2.90 bits per heavy atom. The Labute approximate surface area is 128 Å². The zero-order valence-corrected chi connectivity index (χ0v) is 12.4. The lowest BCUT2D eigenvalue weighted by Crippen LogP contribution is -2.08. The molecule has 3 aromatic heterocycles. The predicted molar refractivity (Wildman–Crippen MR) is 81.0 cm³/mol. The molecule has 9 heteroatoms. The maximum absolute atomic E-state index is 10.9. The van der Waals surface area contributed by atoms with Crippen LogP contribution in [-0.4, -0.2) is 19.5 Å². The molecule has 0 saturated carbocycles. The number of imidazole rings is 1. The molecule has 0 saturated heterocycles. The molecule has 7 nitrogen and oxygen atoms in total. The van der Waals surface area contributed by atoms with E-state index in [0.717, 1.165) is 4.88 Å². The first-order valence-electron chi connectivity index (χ1n) is 6.05. The summed E-state index contributed by atoms with van der Waals surface area (Å²) in [6, 6.07) is 7.17. The minimum Gasteiger partial charge on any atom is -0.360 e. The topological polar surface area (TPSA) is 85.4 Å². The Balaban J connectivity index is 1.90. The first kappa shape index (κ1) is 13.8. The van der Waals surface area contributed by atoms with Crippen LogP contribution in [0.4, 0.5) is 11.6 Å². The van der Waals surface area contributed by atoms with Gasteiger partial charge in [0.05, 0.1) is 10.4 Å². The molecule has 0 radical (unpaired) electrons. The lowest BCUT2D eigenvalue weighted by atomic mass is 10.3. The number of nitrogens with zero attached hydrogens (tertiary/aromatic N) is 4. The van der Waals surface area contributed by atoms with Crippen molar-refractivity contribution in [2.24, 2.45) is 0 Å². The Morgan fingerprint density at radius 1 is 1.43 bits per heavy atom. The van der Waals surface area contributed by atoms with Crippen LogP contribution in [0, 0.1) is 10.1 Å². The van der Waals surface area contributed by atoms with Crippen LogP contribution in [-0.2, 0) is 0 Å². The number of thiophene rings is 1. The number of aromatic nitrogens is 3. The van der Waals surface area contributed by atoms with E-state index in [1.54, 1.807) is 12.1 Å². The number of hydrogen-bond donors (Lipinski definition) is 1. The van der Waals surface area contributed by atoms with Gasteiger partial charge in [0.15, 0.2) is 5.82 Å². The summed E-state index contributed by atoms with van der Waals surface area (Å²) in [4.78, 5) is 15.4. The molecule has 0 aliphatic heterocycles. The maximum Gasteiger partial charge on any atom is 0.368 e. The minimum atomic E-state index is -0.515. The lowest BCUT2D eigenvalue weighted by molar-refractivity contribution is -0.391. The fraction of sp³-hybridized carbons (Fsp3) is 0.167. The van der Waals surface area contributed by atoms with Gasteiger partial charge in [0, 0.05) is 10.9 Å². The fourth-order valence-corrected chi connectivity index (χ4v) is 2.98. The van der Waals surface area contributed by atoms with Crippen LogP contribution in [0.3, 0.4) is 0 Å². The van der Waals surface area contributed by atoms with Gasteiger partial charge in [-0.05, 0) is 30.0 Å². The van der Waals surface area contributed by atoms with Gasteiger partial charge in [0.2, 0.25) is 5.65 Å². The van der Waals surface area contributed by atoms with E-state index in [-0.39, 0.29) is 11.9 Å². The zero-order valence-electron chi connectivity index (χ0n) is 10.9. The molecule has 0 spiro atoms. The Hall–Kier alpha value is -2.19. The van der Waals surface area contributed by atoms with Crippen molar-refractivity contribution < 1.29 is 4.92 Å². The summed E-state index contributed by atoms with van der Waals surface area (Å²) in [5.74, 6) is 0.362. The number of hydrogen-bond acceptors (Lipinski definition) is 6. The highest BCUT2D eigenvalue weighted by atomic mass is 35.5. The largest absolute Gasteiger partial charge is 0.368 e. The highest BCUT2D eigenvalue weighted by Crippen LogP contribution is 2.28. The third kappa shape index (κ3) is 2.67. The monoisotopic (exact) mass is 323 g/mol. The minimum absolute atomic E-state index is 0.00460. The van der Waals surface area contributed by atoms with Gasteiger partial charge in [-0.3, -0.25) is 0 Å². The van der Waals surface area contributed by atoms with Gasteiger partial charge in [0.1, 0.15) is 6.20 Å². The predicted octanol–water partition coefficient (Wildman–Crippen LogP) is 3.53. The third-order valence-corrected chi connectivity index (χ3v) is 4.33. The molecule has 3 rings (SSSR count). The molecule has 108 valence electrons. The molecular formula is C12H10ClN5O2S. The van der Waals surface area contributed by atoms with E-state index in [2.05, 4.69) is 15.4 Å². The van der Waals surface area contributed by atoms with Crippen molar-refractivity contribution in [3.8, 4) is 0 Å². The van der Waals surface area contributed by atoms with E-state index in [9.17, 15) is 10.1 Å². The van der Waals surface area contributed by atoms with E-state index >= 15 is 0 Å². The van der Waals surface area contributed by atoms with E-state index < -0.39 is 4.92 Å². The highest BCUT2D eigenvalue weighted by molar-refractivity contribution is 7.16. The van der Waals surface area contributed by atoms with Crippen molar-refractivity contribution in [3.05, 3.63) is 49.8 Å². The average molecular weight is 324 g/mol. The molecular weight excluding hydrogens is 314 g/mol. The molecule has 0 aromatic carbocycles. The van der Waals surface area contributed by atoms with E-state index in [4.69, 9.17) is 11.6 Å². The first-order chi connectivity index (χ1) is 10.0. The molecule has 3 heterocycles. The van der Waals surface area contributed by atoms with Gasteiger partial charge in [-0.25, -0.2) is 4.98 Å². The smallest absolute Gasteiger partial charge is 0.360 e. The SMILES string of the molecule is CC(Nc1ccc2ncc([N+](=O)[O-])n2n1)c1ccc(Cl)s1. The Morgan fingerprint density at radius 2 is 2.24 bits per heavy atom. The van der Waals surface area contributed by atoms with Gasteiger partial charge >= 0.3 is 5.82 Å². The molecule has 3 aromatic rings. The molecule has 0 amide bonds. The Bertz CT molecular complexity index is 815. The molecule has 0 fully saturated rings. The average Bonchev–Trinajstić information content (AvgIpc) is 3.04. The third-order valence-electron chi connectivity index (χ3n) is 2.92. The normalized spacial score (nSPS) is 12.5. The van der Waals surface area contributed by atoms with E-state index in [1.807, 2.05) is 19.1 Å². The molecule has 0 bridgehead atoms. The fourth-order valence-electron chi connectivity index (χ4n) is 1.92. The quantitative estimate of drug-likeness (QED) is 0.586. The lowest BCUT2D eigenvalue weighted by Gasteiger charge is -2.11. The summed E-state index contributed by atoms with van der Waals surface area (Å²) in [5.41, 5.74) is 0.430. The van der Waals surface area contributed by atoms with Gasteiger partial charge in [-0.15, -0.1) is 11.3 Å². The number of fused-ring (bicyclic) bond motifs is 1. The van der Waals surface area contributed by atoms with Crippen molar-refractivity contribution in [2.75, 3.05) is 5.32 Å². The highest BCUT2D eigenvalue weighted by Gasteiger charge is 2.17. The summed E-state index contributed by atoms with van der Waals surface area (Å²) >= 11 is 7.39. The molecule has 1 unspecified atom stereocenters. The van der Waals surface area contributed by atoms with Gasteiger partial charge in [-0.2, -0.15) is 0 Å². The molecule has 0 aliphatic rings. The summed E-state index contributed by atoms with van der Waals surface area (Å²) in [6.45, 7) is 1.97. The molecule has 0 aliphatic carbocycles. The van der Waals surface area contributed by atoms with Crippen LogP contribution in [0.25, 0.3) is 5.65 Å². The summed E-state index contributed by atoms with van der Waals surface area (Å²) in [7, 11) is 0. The van der Waals surface area contributed by atoms with Crippen molar-refractivity contribution in [1.29, 1.82) is 0 Å². The van der Waals surface area contributed by atoms with Crippen molar-refractivity contribution >= 4 is 40.2 Å². The first-order valence-corrected chi connectivity index (χ1v) is 7.25. The number of anilines is 1. The summed E-state index contributed by atoms with van der Waals surface area (Å²) < 4.78 is 1.92. The number of nitro groups is 1. The van der Waals surface area contributed by atoms with Gasteiger partial charge in [0.25, 0.3) is 0 Å². The van der Waals surface area contributed by atoms with E-state index in [0.29, 0.717) is 15.8 Å². The molecule has 1 atom stereocenters. The van der Waals surface area contributed by atoms with Crippen LogP contribution < -0.4 is 5.32 Å². The van der Waals surface area contributed by atoms with Gasteiger partial charge in [-0.1, -0.05) is 21.2 Å². The van der Waals surface area contributed by atoms with E-state index in [1.165, 1.54) is 22.0 Å². The van der Waals surface area contributed by atoms with Crippen LogP contribution in [0.1, 0.15) is 17.8 Å². The second-order valence-corrected chi connectivity index (χ2v) is 6.12. The number of rotatable bonds is 4. The number of halogens is 1. The maximum atomic E-state index is 10.9. The standard InChI is InChI=1S/C12H10ClN5O2S/c1-7(8-2-3-9(13)21-8)15-10-4-5-11-14-6-12(18(19)20)17(11)16-10/h2-7H,1H3,(H,15,16). The number of nitrogens with one attached hydrogen (secondary N) is 1.